The molecule has 0 saturated heterocycles. The number of benzene rings is 1. The highest BCUT2D eigenvalue weighted by molar-refractivity contribution is 9.10. The van der Waals surface area contributed by atoms with Gasteiger partial charge in [-0.25, -0.2) is 0 Å². The van der Waals surface area contributed by atoms with Crippen LogP contribution in [0.15, 0.2) is 22.7 Å². The average molecular weight is 339 g/mol. The molecule has 0 aromatic heterocycles. The van der Waals surface area contributed by atoms with E-state index in [2.05, 4.69) is 60.2 Å². The molecule has 2 unspecified atom stereocenters. The van der Waals surface area contributed by atoms with Crippen molar-refractivity contribution in [2.75, 3.05) is 6.54 Å². The van der Waals surface area contributed by atoms with E-state index in [0.29, 0.717) is 12.1 Å². The summed E-state index contributed by atoms with van der Waals surface area (Å²) < 4.78 is 1.15. The van der Waals surface area contributed by atoms with E-state index in [-0.39, 0.29) is 5.41 Å². The molecule has 0 radical (unpaired) electrons. The van der Waals surface area contributed by atoms with Gasteiger partial charge in [-0.1, -0.05) is 48.7 Å². The summed E-state index contributed by atoms with van der Waals surface area (Å²) in [5, 5.41) is 3.72. The molecule has 2 atom stereocenters. The monoisotopic (exact) mass is 338 g/mol. The maximum atomic E-state index is 6.23. The molecule has 0 amide bonds. The van der Waals surface area contributed by atoms with Gasteiger partial charge in [-0.3, -0.25) is 0 Å². The Hall–Kier alpha value is -0.380. The highest BCUT2D eigenvalue weighted by atomic mass is 79.9. The summed E-state index contributed by atoms with van der Waals surface area (Å²) in [5.74, 6) is 0. The maximum Gasteiger partial charge on any atom is 0.0219 e. The van der Waals surface area contributed by atoms with Gasteiger partial charge in [0.2, 0.25) is 0 Å². The van der Waals surface area contributed by atoms with Crippen molar-refractivity contribution in [1.29, 1.82) is 0 Å². The molecule has 0 heterocycles. The van der Waals surface area contributed by atoms with Crippen LogP contribution in [-0.4, -0.2) is 18.6 Å². The Balaban J connectivity index is 2.04. The fourth-order valence-electron chi connectivity index (χ4n) is 3.22. The van der Waals surface area contributed by atoms with Crippen LogP contribution in [0.1, 0.15) is 50.7 Å². The molecular formula is C17H27BrN2. The molecule has 2 nitrogen and oxygen atoms in total. The smallest absolute Gasteiger partial charge is 0.0219 e. The minimum Gasteiger partial charge on any atom is -0.326 e. The molecule has 1 aromatic carbocycles. The third-order valence-electron chi connectivity index (χ3n) is 4.55. The van der Waals surface area contributed by atoms with Crippen molar-refractivity contribution in [3.8, 4) is 0 Å². The fraction of sp³-hybridized carbons (Fsp3) is 0.647. The van der Waals surface area contributed by atoms with Gasteiger partial charge in [0.25, 0.3) is 0 Å². The highest BCUT2D eigenvalue weighted by Crippen LogP contribution is 2.29. The number of nitrogens with two attached hydrogens (primary N) is 1. The molecule has 1 aliphatic rings. The van der Waals surface area contributed by atoms with Crippen LogP contribution in [0.4, 0.5) is 0 Å². The molecule has 0 bridgehead atoms. The van der Waals surface area contributed by atoms with Gasteiger partial charge in [-0.15, -0.1) is 0 Å². The van der Waals surface area contributed by atoms with Crippen LogP contribution in [0.25, 0.3) is 0 Å². The molecule has 3 heteroatoms. The van der Waals surface area contributed by atoms with Crippen LogP contribution in [0.5, 0.6) is 0 Å². The second-order valence-electron chi connectivity index (χ2n) is 6.78. The normalized spacial score (nSPS) is 23.9. The summed E-state index contributed by atoms with van der Waals surface area (Å²) in [7, 11) is 0. The quantitative estimate of drug-likeness (QED) is 0.873. The second-order valence-corrected chi connectivity index (χ2v) is 7.69. The number of rotatable bonds is 4. The van der Waals surface area contributed by atoms with E-state index in [4.69, 9.17) is 5.73 Å². The van der Waals surface area contributed by atoms with Crippen molar-refractivity contribution in [3.63, 3.8) is 0 Å². The van der Waals surface area contributed by atoms with E-state index in [1.54, 1.807) is 0 Å². The molecule has 0 spiro atoms. The second kappa shape index (κ2) is 6.59. The van der Waals surface area contributed by atoms with Crippen molar-refractivity contribution >= 4 is 15.9 Å². The predicted molar refractivity (Wildman–Crippen MR) is 90.1 cm³/mol. The van der Waals surface area contributed by atoms with Gasteiger partial charge in [0.05, 0.1) is 0 Å². The fourth-order valence-corrected chi connectivity index (χ4v) is 3.58. The summed E-state index contributed by atoms with van der Waals surface area (Å²) in [4.78, 5) is 0. The first-order chi connectivity index (χ1) is 9.40. The van der Waals surface area contributed by atoms with Crippen molar-refractivity contribution in [3.05, 3.63) is 33.8 Å². The van der Waals surface area contributed by atoms with Crippen LogP contribution in [-0.2, 0) is 5.41 Å². The molecular weight excluding hydrogens is 312 g/mol. The molecule has 1 aromatic rings. The van der Waals surface area contributed by atoms with Crippen molar-refractivity contribution in [2.24, 2.45) is 5.73 Å². The van der Waals surface area contributed by atoms with Gasteiger partial charge in [0.1, 0.15) is 0 Å². The molecule has 20 heavy (non-hydrogen) atoms. The Bertz CT molecular complexity index is 456. The van der Waals surface area contributed by atoms with Gasteiger partial charge in [-0.2, -0.15) is 0 Å². The van der Waals surface area contributed by atoms with Gasteiger partial charge >= 0.3 is 0 Å². The van der Waals surface area contributed by atoms with Crippen molar-refractivity contribution < 1.29 is 0 Å². The van der Waals surface area contributed by atoms with E-state index in [9.17, 15) is 0 Å². The first-order valence-electron chi connectivity index (χ1n) is 7.66. The lowest BCUT2D eigenvalue weighted by Crippen LogP contribution is -2.50. The van der Waals surface area contributed by atoms with Crippen LogP contribution >= 0.6 is 15.9 Å². The minimum atomic E-state index is 0.116. The van der Waals surface area contributed by atoms with Crippen LogP contribution in [0.3, 0.4) is 0 Å². The Kier molecular flexibility index (Phi) is 5.27. The zero-order chi connectivity index (χ0) is 14.8. The van der Waals surface area contributed by atoms with Crippen molar-refractivity contribution in [2.45, 2.75) is 64.0 Å². The molecule has 112 valence electrons. The predicted octanol–water partition coefficient (Wildman–Crippen LogP) is 3.89. The third-order valence-corrected chi connectivity index (χ3v) is 5.05. The van der Waals surface area contributed by atoms with Gasteiger partial charge in [0.15, 0.2) is 0 Å². The summed E-state index contributed by atoms with van der Waals surface area (Å²) in [6.45, 7) is 7.78. The first kappa shape index (κ1) is 16.0. The Labute approximate surface area is 131 Å². The van der Waals surface area contributed by atoms with Gasteiger partial charge < -0.3 is 11.1 Å². The minimum absolute atomic E-state index is 0.116. The largest absolute Gasteiger partial charge is 0.326 e. The maximum absolute atomic E-state index is 6.23. The van der Waals surface area contributed by atoms with Crippen LogP contribution in [0.2, 0.25) is 0 Å². The summed E-state index contributed by atoms with van der Waals surface area (Å²) in [6.07, 6.45) is 4.97. The summed E-state index contributed by atoms with van der Waals surface area (Å²) in [6, 6.07) is 7.35. The number of nitrogens with one attached hydrogen (secondary N) is 1. The summed E-state index contributed by atoms with van der Waals surface area (Å²) in [5.41, 5.74) is 9.11. The Morgan fingerprint density at radius 1 is 1.30 bits per heavy atom. The van der Waals surface area contributed by atoms with E-state index < -0.39 is 0 Å². The molecule has 1 aliphatic carbocycles. The lowest BCUT2D eigenvalue weighted by Gasteiger charge is -2.34. The van der Waals surface area contributed by atoms with E-state index in [0.717, 1.165) is 17.4 Å². The topological polar surface area (TPSA) is 38.0 Å². The van der Waals surface area contributed by atoms with Gasteiger partial charge in [-0.05, 0) is 43.0 Å². The molecule has 1 fully saturated rings. The SMILES string of the molecule is Cc1ccc(Br)cc1C(C)(C)CNC1CCCCC1N. The average Bonchev–Trinajstić information content (AvgIpc) is 2.40. The number of hydrogen-bond acceptors (Lipinski definition) is 2. The number of halogens is 1. The third kappa shape index (κ3) is 3.84. The van der Waals surface area contributed by atoms with Crippen LogP contribution < -0.4 is 11.1 Å². The van der Waals surface area contributed by atoms with E-state index >= 15 is 0 Å². The lowest BCUT2D eigenvalue weighted by molar-refractivity contribution is 0.305. The zero-order valence-electron chi connectivity index (χ0n) is 12.9. The Morgan fingerprint density at radius 2 is 2.00 bits per heavy atom. The Morgan fingerprint density at radius 3 is 2.70 bits per heavy atom. The summed E-state index contributed by atoms with van der Waals surface area (Å²) >= 11 is 3.59. The lowest BCUT2D eigenvalue weighted by atomic mass is 9.81. The van der Waals surface area contributed by atoms with Crippen LogP contribution in [0, 0.1) is 6.92 Å². The van der Waals surface area contributed by atoms with Crippen molar-refractivity contribution in [1.82, 2.24) is 5.32 Å². The zero-order valence-corrected chi connectivity index (χ0v) is 14.5. The molecule has 2 rings (SSSR count). The molecule has 3 N–H and O–H groups in total. The number of aryl methyl sites for hydroxylation is 1. The highest BCUT2D eigenvalue weighted by Gasteiger charge is 2.27. The molecule has 1 saturated carbocycles. The molecule has 0 aliphatic heterocycles. The standard InChI is InChI=1S/C17H27BrN2/c1-12-8-9-13(18)10-14(12)17(2,3)11-20-16-7-5-4-6-15(16)19/h8-10,15-16,20H,4-7,11,19H2,1-3H3. The van der Waals surface area contributed by atoms with E-state index in [1.165, 1.54) is 30.4 Å². The van der Waals surface area contributed by atoms with Gasteiger partial charge in [0, 0.05) is 28.5 Å². The van der Waals surface area contributed by atoms with E-state index in [1.807, 2.05) is 0 Å². The first-order valence-corrected chi connectivity index (χ1v) is 8.45. The number of hydrogen-bond donors (Lipinski definition) is 2.